The Hall–Kier alpha value is -0.720. The third kappa shape index (κ3) is 6.44. The van der Waals surface area contributed by atoms with Gasteiger partial charge in [-0.2, -0.15) is 0 Å². The maximum atomic E-state index is 3.95. The molecule has 0 aliphatic heterocycles. The van der Waals surface area contributed by atoms with Gasteiger partial charge in [-0.15, -0.1) is 0 Å². The van der Waals surface area contributed by atoms with Gasteiger partial charge in [-0.25, -0.2) is 0 Å². The minimum atomic E-state index is 0.803. The maximum Gasteiger partial charge on any atom is 0.0221 e. The molecule has 0 amide bonds. The molecule has 13 heavy (non-hydrogen) atoms. The molecular formula is C12H23N. The highest BCUT2D eigenvalue weighted by Crippen LogP contribution is 2.08. The van der Waals surface area contributed by atoms with E-state index < -0.39 is 0 Å². The zero-order chi connectivity index (χ0) is 10.3. The van der Waals surface area contributed by atoms with Gasteiger partial charge in [-0.1, -0.05) is 26.5 Å². The molecule has 0 aromatic heterocycles. The first kappa shape index (κ1) is 12.3. The summed E-state index contributed by atoms with van der Waals surface area (Å²) in [5.74, 6) is 0.803. The molecule has 0 rings (SSSR count). The summed E-state index contributed by atoms with van der Waals surface area (Å²) in [5.41, 5.74) is 1.13. The first-order valence-electron chi connectivity index (χ1n) is 5.13. The van der Waals surface area contributed by atoms with Crippen molar-refractivity contribution in [3.8, 4) is 0 Å². The lowest BCUT2D eigenvalue weighted by Crippen LogP contribution is -2.15. The summed E-state index contributed by atoms with van der Waals surface area (Å²) in [7, 11) is 0. The van der Waals surface area contributed by atoms with Crippen LogP contribution in [0.15, 0.2) is 24.6 Å². The van der Waals surface area contributed by atoms with Gasteiger partial charge in [0.05, 0.1) is 0 Å². The molecule has 0 aliphatic rings. The topological polar surface area (TPSA) is 3.24 Å². The first-order chi connectivity index (χ1) is 6.07. The van der Waals surface area contributed by atoms with Crippen LogP contribution in [0.25, 0.3) is 0 Å². The Morgan fingerprint density at radius 3 is 2.46 bits per heavy atom. The molecule has 1 nitrogen and oxygen atoms in total. The summed E-state index contributed by atoms with van der Waals surface area (Å²) in [6.45, 7) is 13.7. The standard InChI is InChI=1S/C12H23N/c1-6-9-13(12(4)5)10-7-8-11(2)3/h6,9,11H,4,7-8,10H2,1-3,5H3/b9-6-. The van der Waals surface area contributed by atoms with E-state index in [1.54, 1.807) is 0 Å². The minimum Gasteiger partial charge on any atom is -0.353 e. The highest BCUT2D eigenvalue weighted by molar-refractivity contribution is 4.96. The van der Waals surface area contributed by atoms with E-state index >= 15 is 0 Å². The van der Waals surface area contributed by atoms with Gasteiger partial charge in [0, 0.05) is 12.2 Å². The number of hydrogen-bond donors (Lipinski definition) is 0. The summed E-state index contributed by atoms with van der Waals surface area (Å²) < 4.78 is 0. The lowest BCUT2D eigenvalue weighted by atomic mass is 10.1. The largest absolute Gasteiger partial charge is 0.353 e. The molecule has 0 aliphatic carbocycles. The van der Waals surface area contributed by atoms with E-state index in [2.05, 4.69) is 44.5 Å². The van der Waals surface area contributed by atoms with Crippen LogP contribution in [-0.4, -0.2) is 11.4 Å². The van der Waals surface area contributed by atoms with Crippen molar-refractivity contribution in [2.75, 3.05) is 6.54 Å². The van der Waals surface area contributed by atoms with Gasteiger partial charge in [-0.3, -0.25) is 0 Å². The normalized spacial score (nSPS) is 11.2. The smallest absolute Gasteiger partial charge is 0.0221 e. The Kier molecular flexibility index (Phi) is 6.38. The van der Waals surface area contributed by atoms with E-state index in [0.29, 0.717) is 0 Å². The summed E-state index contributed by atoms with van der Waals surface area (Å²) in [4.78, 5) is 2.21. The molecule has 1 heteroatoms. The van der Waals surface area contributed by atoms with E-state index in [1.807, 2.05) is 6.92 Å². The Labute approximate surface area is 83.1 Å². The van der Waals surface area contributed by atoms with Gasteiger partial charge in [0.25, 0.3) is 0 Å². The maximum absolute atomic E-state index is 3.95. The third-order valence-corrected chi connectivity index (χ3v) is 2.00. The Morgan fingerprint density at radius 2 is 2.08 bits per heavy atom. The molecule has 0 atom stereocenters. The second kappa shape index (κ2) is 6.76. The van der Waals surface area contributed by atoms with E-state index in [1.165, 1.54) is 12.8 Å². The van der Waals surface area contributed by atoms with Crippen molar-refractivity contribution in [1.82, 2.24) is 4.90 Å². The van der Waals surface area contributed by atoms with Crippen molar-refractivity contribution >= 4 is 0 Å². The third-order valence-electron chi connectivity index (χ3n) is 2.00. The molecular weight excluding hydrogens is 158 g/mol. The molecule has 0 N–H and O–H groups in total. The van der Waals surface area contributed by atoms with Crippen LogP contribution in [0.5, 0.6) is 0 Å². The second-order valence-electron chi connectivity index (χ2n) is 3.95. The molecule has 0 aromatic rings. The summed E-state index contributed by atoms with van der Waals surface area (Å²) in [5, 5.41) is 0. The second-order valence-corrected chi connectivity index (χ2v) is 3.95. The lowest BCUT2D eigenvalue weighted by molar-refractivity contribution is 0.421. The van der Waals surface area contributed by atoms with Gasteiger partial charge >= 0.3 is 0 Å². The first-order valence-corrected chi connectivity index (χ1v) is 5.13. The number of nitrogens with zero attached hydrogens (tertiary/aromatic N) is 1. The van der Waals surface area contributed by atoms with Crippen LogP contribution < -0.4 is 0 Å². The highest BCUT2D eigenvalue weighted by atomic mass is 15.1. The fourth-order valence-corrected chi connectivity index (χ4v) is 1.24. The fraction of sp³-hybridized carbons (Fsp3) is 0.667. The zero-order valence-corrected chi connectivity index (χ0v) is 9.51. The van der Waals surface area contributed by atoms with E-state index in [9.17, 15) is 0 Å². The van der Waals surface area contributed by atoms with Crippen LogP contribution in [0.4, 0.5) is 0 Å². The average Bonchev–Trinajstić information content (AvgIpc) is 2.02. The molecule has 0 spiro atoms. The lowest BCUT2D eigenvalue weighted by Gasteiger charge is -2.20. The van der Waals surface area contributed by atoms with Crippen LogP contribution in [0.1, 0.15) is 40.5 Å². The Bertz CT molecular complexity index is 168. The van der Waals surface area contributed by atoms with E-state index in [0.717, 1.165) is 18.2 Å². The van der Waals surface area contributed by atoms with E-state index in [4.69, 9.17) is 0 Å². The number of hydrogen-bond acceptors (Lipinski definition) is 1. The van der Waals surface area contributed by atoms with Crippen LogP contribution in [0.2, 0.25) is 0 Å². The van der Waals surface area contributed by atoms with E-state index in [-0.39, 0.29) is 0 Å². The van der Waals surface area contributed by atoms with Crippen LogP contribution in [-0.2, 0) is 0 Å². The van der Waals surface area contributed by atoms with Crippen molar-refractivity contribution in [2.24, 2.45) is 5.92 Å². The molecule has 0 bridgehead atoms. The molecule has 76 valence electrons. The van der Waals surface area contributed by atoms with Gasteiger partial charge in [-0.05, 0) is 38.8 Å². The van der Waals surface area contributed by atoms with Crippen molar-refractivity contribution in [1.29, 1.82) is 0 Å². The Balaban J connectivity index is 3.77. The molecule has 0 radical (unpaired) electrons. The van der Waals surface area contributed by atoms with Gasteiger partial charge in [0.2, 0.25) is 0 Å². The summed E-state index contributed by atoms with van der Waals surface area (Å²) in [6, 6.07) is 0. The number of rotatable bonds is 6. The molecule has 0 saturated carbocycles. The summed E-state index contributed by atoms with van der Waals surface area (Å²) >= 11 is 0. The highest BCUT2D eigenvalue weighted by Gasteiger charge is 2.00. The number of allylic oxidation sites excluding steroid dienone is 2. The molecule has 0 saturated heterocycles. The van der Waals surface area contributed by atoms with Crippen LogP contribution in [0.3, 0.4) is 0 Å². The van der Waals surface area contributed by atoms with Gasteiger partial charge in [0.15, 0.2) is 0 Å². The van der Waals surface area contributed by atoms with Crippen molar-refractivity contribution in [3.05, 3.63) is 24.6 Å². The zero-order valence-electron chi connectivity index (χ0n) is 9.51. The molecule has 0 aromatic carbocycles. The fourth-order valence-electron chi connectivity index (χ4n) is 1.24. The van der Waals surface area contributed by atoms with Gasteiger partial charge < -0.3 is 4.90 Å². The predicted molar refractivity (Wildman–Crippen MR) is 60.4 cm³/mol. The quantitative estimate of drug-likeness (QED) is 0.602. The van der Waals surface area contributed by atoms with Crippen LogP contribution in [0, 0.1) is 5.92 Å². The van der Waals surface area contributed by atoms with Crippen molar-refractivity contribution in [2.45, 2.75) is 40.5 Å². The van der Waals surface area contributed by atoms with Crippen LogP contribution >= 0.6 is 0 Å². The van der Waals surface area contributed by atoms with Crippen molar-refractivity contribution < 1.29 is 0 Å². The minimum absolute atomic E-state index is 0.803. The molecule has 0 fully saturated rings. The van der Waals surface area contributed by atoms with Gasteiger partial charge in [0.1, 0.15) is 0 Å². The monoisotopic (exact) mass is 181 g/mol. The SMILES string of the molecule is C=C(C)N(/C=C\C)CCCC(C)C. The van der Waals surface area contributed by atoms with Crippen molar-refractivity contribution in [3.63, 3.8) is 0 Å². The average molecular weight is 181 g/mol. The molecule has 0 unspecified atom stereocenters. The summed E-state index contributed by atoms with van der Waals surface area (Å²) in [6.07, 6.45) is 6.70. The predicted octanol–water partition coefficient (Wildman–Crippen LogP) is 3.79. The molecule has 0 heterocycles. The Morgan fingerprint density at radius 1 is 1.46 bits per heavy atom.